The number of rotatable bonds is 1. The highest BCUT2D eigenvalue weighted by atomic mass is 16.5. The Kier molecular flexibility index (Phi) is 3.38. The minimum atomic E-state index is -0.355. The number of benzene rings is 2. The molecule has 3 aromatic rings. The van der Waals surface area contributed by atoms with Gasteiger partial charge in [-0.05, 0) is 67.5 Å². The number of fused-ring (bicyclic) bond motifs is 3. The smallest absolute Gasteiger partial charge is 0.345 e. The van der Waals surface area contributed by atoms with E-state index in [-0.39, 0.29) is 5.97 Å². The molecule has 0 saturated carbocycles. The number of carbonyl (C=O) groups is 1. The van der Waals surface area contributed by atoms with Gasteiger partial charge in [-0.15, -0.1) is 0 Å². The topological polar surface area (TPSA) is 42.7 Å². The molecule has 0 atom stereocenters. The molecule has 1 aliphatic heterocycles. The molecule has 1 aliphatic carbocycles. The van der Waals surface area contributed by atoms with Crippen LogP contribution in [0.5, 0.6) is 5.75 Å². The van der Waals surface area contributed by atoms with Gasteiger partial charge in [-0.2, -0.15) is 0 Å². The van der Waals surface area contributed by atoms with Crippen LogP contribution in [-0.2, 0) is 12.8 Å². The summed E-state index contributed by atoms with van der Waals surface area (Å²) < 4.78 is 11.3. The molecule has 0 bridgehead atoms. The van der Waals surface area contributed by atoms with Crippen LogP contribution >= 0.6 is 0 Å². The van der Waals surface area contributed by atoms with Gasteiger partial charge in [-0.1, -0.05) is 18.2 Å². The van der Waals surface area contributed by atoms with Crippen LogP contribution in [0.25, 0.3) is 0 Å². The summed E-state index contributed by atoms with van der Waals surface area (Å²) in [7, 11) is 0. The molecule has 0 spiro atoms. The van der Waals surface area contributed by atoms with E-state index in [0.29, 0.717) is 17.2 Å². The first-order chi connectivity index (χ1) is 12.7. The van der Waals surface area contributed by atoms with Gasteiger partial charge in [0.15, 0.2) is 5.75 Å². The maximum absolute atomic E-state index is 12.6. The van der Waals surface area contributed by atoms with E-state index in [1.807, 2.05) is 23.1 Å². The lowest BCUT2D eigenvalue weighted by atomic mass is 9.87. The van der Waals surface area contributed by atoms with E-state index in [2.05, 4.69) is 19.1 Å². The second-order valence-electron chi connectivity index (χ2n) is 6.90. The summed E-state index contributed by atoms with van der Waals surface area (Å²) >= 11 is 0. The van der Waals surface area contributed by atoms with Gasteiger partial charge in [0, 0.05) is 6.07 Å². The van der Waals surface area contributed by atoms with E-state index in [1.165, 1.54) is 29.5 Å². The molecule has 0 N–H and O–H groups in total. The predicted molar refractivity (Wildman–Crippen MR) is 99.7 cm³/mol. The molecule has 2 aromatic carbocycles. The van der Waals surface area contributed by atoms with E-state index in [0.717, 1.165) is 24.2 Å². The molecule has 0 radical (unpaired) electrons. The van der Waals surface area contributed by atoms with Crippen molar-refractivity contribution in [3.63, 3.8) is 0 Å². The minimum Gasteiger partial charge on any atom is -0.445 e. The second-order valence-corrected chi connectivity index (χ2v) is 6.90. The third kappa shape index (κ3) is 2.18. The molecule has 0 unspecified atom stereocenters. The van der Waals surface area contributed by atoms with Crippen LogP contribution in [0.3, 0.4) is 0 Å². The van der Waals surface area contributed by atoms with Gasteiger partial charge in [0.2, 0.25) is 5.88 Å². The quantitative estimate of drug-likeness (QED) is 0.549. The molecule has 1 aromatic heterocycles. The van der Waals surface area contributed by atoms with E-state index < -0.39 is 0 Å². The number of aryl methyl sites for hydroxylation is 1. The van der Waals surface area contributed by atoms with E-state index in [1.54, 1.807) is 18.4 Å². The summed E-state index contributed by atoms with van der Waals surface area (Å²) in [4.78, 5) is 14.6. The first-order valence-electron chi connectivity index (χ1n) is 9.04. The number of anilines is 3. The summed E-state index contributed by atoms with van der Waals surface area (Å²) in [5.41, 5.74) is 6.52. The maximum atomic E-state index is 12.6. The van der Waals surface area contributed by atoms with Crippen LogP contribution in [0.2, 0.25) is 0 Å². The molecular weight excluding hydrogens is 326 g/mol. The van der Waals surface area contributed by atoms with Crippen molar-refractivity contribution in [3.05, 3.63) is 71.0 Å². The highest BCUT2D eigenvalue weighted by Gasteiger charge is 2.32. The van der Waals surface area contributed by atoms with Crippen molar-refractivity contribution in [2.75, 3.05) is 4.90 Å². The Morgan fingerprint density at radius 3 is 2.62 bits per heavy atom. The Morgan fingerprint density at radius 1 is 0.923 bits per heavy atom. The van der Waals surface area contributed by atoms with Crippen LogP contribution in [0.1, 0.15) is 39.9 Å². The first kappa shape index (κ1) is 15.3. The van der Waals surface area contributed by atoms with E-state index in [9.17, 15) is 4.79 Å². The SMILES string of the molecule is Cc1ccc(N2c3ccccc3C(=O)Oc3ccoc32)c2c1CCCC2. The molecule has 0 amide bonds. The first-order valence-corrected chi connectivity index (χ1v) is 9.04. The van der Waals surface area contributed by atoms with Crippen LogP contribution < -0.4 is 9.64 Å². The van der Waals surface area contributed by atoms with Crippen molar-refractivity contribution in [2.24, 2.45) is 0 Å². The fourth-order valence-corrected chi connectivity index (χ4v) is 4.11. The number of nitrogens with zero attached hydrogens (tertiary/aromatic N) is 1. The number of esters is 1. The highest BCUT2D eigenvalue weighted by molar-refractivity contribution is 6.02. The fourth-order valence-electron chi connectivity index (χ4n) is 4.11. The number of hydrogen-bond donors (Lipinski definition) is 0. The third-order valence-electron chi connectivity index (χ3n) is 5.37. The Labute approximate surface area is 152 Å². The van der Waals surface area contributed by atoms with Crippen LogP contribution in [-0.4, -0.2) is 5.97 Å². The zero-order valence-corrected chi connectivity index (χ0v) is 14.6. The minimum absolute atomic E-state index is 0.355. The standard InChI is InChI=1S/C22H19NO3/c1-14-10-11-19(16-7-3-2-6-15(14)16)23-18-9-5-4-8-17(18)22(24)26-20-12-13-25-21(20)23/h4-5,8-13H,2-3,6-7H2,1H3. The summed E-state index contributed by atoms with van der Waals surface area (Å²) in [6.45, 7) is 2.18. The average Bonchev–Trinajstić information content (AvgIpc) is 3.08. The normalized spacial score (nSPS) is 15.6. The lowest BCUT2D eigenvalue weighted by molar-refractivity contribution is 0.0738. The van der Waals surface area contributed by atoms with Crippen molar-refractivity contribution < 1.29 is 13.9 Å². The lowest BCUT2D eigenvalue weighted by Crippen LogP contribution is -2.16. The van der Waals surface area contributed by atoms with Crippen LogP contribution in [0, 0.1) is 6.92 Å². The molecule has 0 saturated heterocycles. The van der Waals surface area contributed by atoms with Crippen LogP contribution in [0.15, 0.2) is 53.1 Å². The predicted octanol–water partition coefficient (Wildman–Crippen LogP) is 5.47. The van der Waals surface area contributed by atoms with Gasteiger partial charge < -0.3 is 9.15 Å². The zero-order chi connectivity index (χ0) is 17.7. The highest BCUT2D eigenvalue weighted by Crippen LogP contribution is 2.47. The van der Waals surface area contributed by atoms with Crippen molar-refractivity contribution in [1.82, 2.24) is 0 Å². The summed E-state index contributed by atoms with van der Waals surface area (Å²) in [6.07, 6.45) is 6.11. The molecule has 26 heavy (non-hydrogen) atoms. The summed E-state index contributed by atoms with van der Waals surface area (Å²) in [6, 6.07) is 13.5. The van der Waals surface area contributed by atoms with Crippen LogP contribution in [0.4, 0.5) is 17.3 Å². The monoisotopic (exact) mass is 345 g/mol. The third-order valence-corrected chi connectivity index (χ3v) is 5.37. The Balaban J connectivity index is 1.81. The van der Waals surface area contributed by atoms with Gasteiger partial charge >= 0.3 is 5.97 Å². The largest absolute Gasteiger partial charge is 0.445 e. The second kappa shape index (κ2) is 5.77. The molecule has 130 valence electrons. The van der Waals surface area contributed by atoms with Gasteiger partial charge in [0.05, 0.1) is 23.2 Å². The molecular formula is C22H19NO3. The van der Waals surface area contributed by atoms with E-state index >= 15 is 0 Å². The Bertz CT molecular complexity index is 1020. The Morgan fingerprint density at radius 2 is 1.73 bits per heavy atom. The maximum Gasteiger partial charge on any atom is 0.345 e. The van der Waals surface area contributed by atoms with Gasteiger partial charge in [0.25, 0.3) is 0 Å². The fraction of sp³-hybridized carbons (Fsp3) is 0.227. The summed E-state index contributed by atoms with van der Waals surface area (Å²) in [5, 5.41) is 0. The number of ether oxygens (including phenoxy) is 1. The molecule has 0 fully saturated rings. The van der Waals surface area contributed by atoms with Gasteiger partial charge in [-0.3, -0.25) is 4.90 Å². The Hall–Kier alpha value is -3.01. The van der Waals surface area contributed by atoms with Crippen molar-refractivity contribution >= 4 is 23.2 Å². The van der Waals surface area contributed by atoms with Crippen molar-refractivity contribution in [3.8, 4) is 5.75 Å². The number of carbonyl (C=O) groups excluding carboxylic acids is 1. The summed E-state index contributed by atoms with van der Waals surface area (Å²) in [5.74, 6) is 0.656. The lowest BCUT2D eigenvalue weighted by Gasteiger charge is -2.29. The zero-order valence-electron chi connectivity index (χ0n) is 14.6. The molecule has 4 heteroatoms. The molecule has 2 aliphatic rings. The van der Waals surface area contributed by atoms with Gasteiger partial charge in [-0.25, -0.2) is 4.79 Å². The van der Waals surface area contributed by atoms with Crippen molar-refractivity contribution in [1.29, 1.82) is 0 Å². The molecule has 5 rings (SSSR count). The van der Waals surface area contributed by atoms with E-state index in [4.69, 9.17) is 9.15 Å². The van der Waals surface area contributed by atoms with Crippen molar-refractivity contribution in [2.45, 2.75) is 32.6 Å². The average molecular weight is 345 g/mol. The molecule has 4 nitrogen and oxygen atoms in total. The molecule has 2 heterocycles. The number of para-hydroxylation sites is 1. The number of furan rings is 1. The van der Waals surface area contributed by atoms with Gasteiger partial charge in [0.1, 0.15) is 0 Å². The number of hydrogen-bond acceptors (Lipinski definition) is 4.